The largest absolute Gasteiger partial charge is 0.456 e. The second-order valence-electron chi connectivity index (χ2n) is 16.4. The zero-order chi connectivity index (χ0) is 36.8. The number of aliphatic hydroxyl groups excluding tert-OH is 2. The standard InChI is InChI=1S/C39H59NO11/c1-21-17-23(3)38-20-29(42)24(4)30(15-12-26-11-13-28(41)34(18-26)47-6)48-37(45)27-9-7-8-16-40(27)36(44)35(43)39(46)22(2)10-14-31(51-39)25(5)33(50-38)19-32(21)49-38/h12,15,18,21-25,27-34,41-42,46H,7-11,13-14,16-17,19-20H2,1-6H3/b15-12+. The average Bonchev–Trinajstić information content (AvgIpc) is 3.12. The molecule has 6 rings (SSSR count). The van der Waals surface area contributed by atoms with Crippen LogP contribution in [0.25, 0.3) is 0 Å². The van der Waals surface area contributed by atoms with E-state index in [1.54, 1.807) is 20.1 Å². The quantitative estimate of drug-likeness (QED) is 0.289. The van der Waals surface area contributed by atoms with Crippen LogP contribution < -0.4 is 0 Å². The number of methoxy groups -OCH3 is 1. The van der Waals surface area contributed by atoms with E-state index in [2.05, 4.69) is 13.8 Å². The van der Waals surface area contributed by atoms with Crippen LogP contribution in [0.1, 0.15) is 98.8 Å². The number of Topliss-reactive ketones (excluding diaryl/α,β-unsaturated/α-hetero) is 1. The molecule has 5 saturated heterocycles. The van der Waals surface area contributed by atoms with Crippen molar-refractivity contribution in [1.82, 2.24) is 4.90 Å². The lowest BCUT2D eigenvalue weighted by Crippen LogP contribution is -2.63. The molecule has 5 aliphatic heterocycles. The minimum atomic E-state index is -2.36. The first-order valence-electron chi connectivity index (χ1n) is 19.3. The number of aliphatic hydroxyl groups is 3. The molecule has 12 nitrogen and oxygen atoms in total. The highest BCUT2D eigenvalue weighted by Gasteiger charge is 2.58. The molecule has 51 heavy (non-hydrogen) atoms. The Morgan fingerprint density at radius 1 is 0.863 bits per heavy atom. The Bertz CT molecular complexity index is 1370. The van der Waals surface area contributed by atoms with Crippen LogP contribution in [-0.2, 0) is 38.1 Å². The number of carbonyl (C=O) groups is 3. The Labute approximate surface area is 301 Å². The molecule has 1 amide bonds. The zero-order valence-corrected chi connectivity index (χ0v) is 31.1. The van der Waals surface area contributed by atoms with Crippen LogP contribution in [0, 0.1) is 29.6 Å². The maximum Gasteiger partial charge on any atom is 0.329 e. The van der Waals surface area contributed by atoms with E-state index >= 15 is 0 Å². The number of hydrogen-bond acceptors (Lipinski definition) is 11. The fourth-order valence-corrected chi connectivity index (χ4v) is 9.26. The average molecular weight is 718 g/mol. The van der Waals surface area contributed by atoms with Crippen molar-refractivity contribution in [3.8, 4) is 0 Å². The van der Waals surface area contributed by atoms with E-state index in [9.17, 15) is 29.7 Å². The summed E-state index contributed by atoms with van der Waals surface area (Å²) in [5.41, 5.74) is 0.897. The van der Waals surface area contributed by atoms with Gasteiger partial charge in [0.05, 0.1) is 30.5 Å². The number of amides is 1. The van der Waals surface area contributed by atoms with Gasteiger partial charge in [-0.05, 0) is 68.9 Å². The number of piperidine rings is 1. The highest BCUT2D eigenvalue weighted by molar-refractivity contribution is 6.39. The van der Waals surface area contributed by atoms with Gasteiger partial charge in [0.15, 0.2) is 5.79 Å². The third kappa shape index (κ3) is 7.48. The normalized spacial score (nSPS) is 47.3. The molecular weight excluding hydrogens is 658 g/mol. The monoisotopic (exact) mass is 717 g/mol. The van der Waals surface area contributed by atoms with Crippen LogP contribution in [0.4, 0.5) is 0 Å². The molecule has 0 aromatic carbocycles. The predicted octanol–water partition coefficient (Wildman–Crippen LogP) is 3.59. The van der Waals surface area contributed by atoms with E-state index in [1.807, 2.05) is 26.0 Å². The third-order valence-corrected chi connectivity index (χ3v) is 13.0. The number of hydrogen-bond donors (Lipinski definition) is 3. The predicted molar refractivity (Wildman–Crippen MR) is 185 cm³/mol. The van der Waals surface area contributed by atoms with Gasteiger partial charge in [0.1, 0.15) is 18.2 Å². The Kier molecular flexibility index (Phi) is 11.5. The maximum atomic E-state index is 14.1. The van der Waals surface area contributed by atoms with Crippen molar-refractivity contribution in [2.24, 2.45) is 29.6 Å². The van der Waals surface area contributed by atoms with Crippen molar-refractivity contribution in [2.75, 3.05) is 13.7 Å². The van der Waals surface area contributed by atoms with Gasteiger partial charge in [0, 0.05) is 50.2 Å². The second-order valence-corrected chi connectivity index (χ2v) is 16.4. The van der Waals surface area contributed by atoms with Crippen LogP contribution in [0.2, 0.25) is 0 Å². The molecule has 0 saturated carbocycles. The smallest absolute Gasteiger partial charge is 0.329 e. The fourth-order valence-electron chi connectivity index (χ4n) is 9.26. The molecular formula is C39H59NO11. The minimum absolute atomic E-state index is 0.0664. The van der Waals surface area contributed by atoms with Crippen LogP contribution in [0.3, 0.4) is 0 Å². The van der Waals surface area contributed by atoms with E-state index in [0.717, 1.165) is 12.0 Å². The fraction of sp³-hybridized carbons (Fsp3) is 0.821. The number of fused-ring (bicyclic) bond motifs is 5. The number of allylic oxidation sites excluding steroid dienone is 2. The van der Waals surface area contributed by atoms with Crippen molar-refractivity contribution in [3.05, 3.63) is 23.8 Å². The third-order valence-electron chi connectivity index (χ3n) is 13.0. The Balaban J connectivity index is 1.39. The minimum Gasteiger partial charge on any atom is -0.456 e. The molecule has 6 aliphatic rings. The van der Waals surface area contributed by atoms with Crippen molar-refractivity contribution in [3.63, 3.8) is 0 Å². The summed E-state index contributed by atoms with van der Waals surface area (Å²) >= 11 is 0. The maximum absolute atomic E-state index is 14.1. The molecule has 5 bridgehead atoms. The SMILES string of the molecule is COC1C=C(/C=C/C2OC(=O)C3CCCCN3C(=O)C(=O)C3(O)OC(CCC3C)C(C)C3CC4OC(CC(O)C2C)(O3)C(C)CC4C)CCC1O. The Morgan fingerprint density at radius 2 is 1.61 bits per heavy atom. The van der Waals surface area contributed by atoms with E-state index in [1.165, 1.54) is 4.90 Å². The summed E-state index contributed by atoms with van der Waals surface area (Å²) < 4.78 is 31.6. The van der Waals surface area contributed by atoms with Gasteiger partial charge in [-0.25, -0.2) is 4.79 Å². The van der Waals surface area contributed by atoms with Crippen molar-refractivity contribution in [1.29, 1.82) is 0 Å². The molecule has 15 atom stereocenters. The van der Waals surface area contributed by atoms with Gasteiger partial charge in [-0.3, -0.25) is 9.59 Å². The van der Waals surface area contributed by atoms with Gasteiger partial charge in [-0.1, -0.05) is 46.8 Å². The number of carbonyl (C=O) groups excluding carboxylic acids is 3. The lowest BCUT2D eigenvalue weighted by Gasteiger charge is -2.56. The first kappa shape index (κ1) is 38.5. The first-order chi connectivity index (χ1) is 24.2. The van der Waals surface area contributed by atoms with Crippen LogP contribution in [0.15, 0.2) is 23.8 Å². The Hall–Kier alpha value is -2.19. The highest BCUT2D eigenvalue weighted by atomic mass is 16.7. The van der Waals surface area contributed by atoms with Crippen molar-refractivity contribution >= 4 is 17.7 Å². The van der Waals surface area contributed by atoms with E-state index < -0.39 is 77.6 Å². The van der Waals surface area contributed by atoms with Crippen molar-refractivity contribution < 1.29 is 53.4 Å². The number of nitrogens with zero attached hydrogens (tertiary/aromatic N) is 1. The number of esters is 1. The van der Waals surface area contributed by atoms with Gasteiger partial charge in [0.25, 0.3) is 11.7 Å². The molecule has 15 unspecified atom stereocenters. The van der Waals surface area contributed by atoms with E-state index in [0.29, 0.717) is 51.4 Å². The van der Waals surface area contributed by atoms with Gasteiger partial charge in [-0.2, -0.15) is 0 Å². The van der Waals surface area contributed by atoms with Crippen LogP contribution in [-0.4, -0.2) is 112 Å². The Morgan fingerprint density at radius 3 is 2.35 bits per heavy atom. The first-order valence-corrected chi connectivity index (χ1v) is 19.3. The van der Waals surface area contributed by atoms with Crippen LogP contribution in [0.5, 0.6) is 0 Å². The number of rotatable bonds is 3. The van der Waals surface area contributed by atoms with Gasteiger partial charge in [0.2, 0.25) is 5.79 Å². The summed E-state index contributed by atoms with van der Waals surface area (Å²) in [6, 6.07) is -1.05. The lowest BCUT2D eigenvalue weighted by molar-refractivity contribution is -0.385. The lowest BCUT2D eigenvalue weighted by atomic mass is 9.74. The highest BCUT2D eigenvalue weighted by Crippen LogP contribution is 2.50. The topological polar surface area (TPSA) is 161 Å². The summed E-state index contributed by atoms with van der Waals surface area (Å²) in [6.07, 6.45) is 6.61. The number of ether oxygens (including phenoxy) is 5. The van der Waals surface area contributed by atoms with E-state index in [4.69, 9.17) is 23.7 Å². The van der Waals surface area contributed by atoms with Gasteiger partial charge in [-0.15, -0.1) is 0 Å². The summed E-state index contributed by atoms with van der Waals surface area (Å²) in [6.45, 7) is 9.93. The molecule has 1 spiro atoms. The molecule has 0 aromatic rings. The summed E-state index contributed by atoms with van der Waals surface area (Å²) in [7, 11) is 1.54. The van der Waals surface area contributed by atoms with E-state index in [-0.39, 0.29) is 42.9 Å². The summed E-state index contributed by atoms with van der Waals surface area (Å²) in [5.74, 6) is -7.53. The van der Waals surface area contributed by atoms with Gasteiger partial charge < -0.3 is 43.9 Å². The number of ketones is 1. The zero-order valence-electron chi connectivity index (χ0n) is 31.1. The molecule has 286 valence electrons. The molecule has 0 aromatic heterocycles. The summed E-state index contributed by atoms with van der Waals surface area (Å²) in [5, 5.41) is 34.2. The summed E-state index contributed by atoms with van der Waals surface area (Å²) in [4.78, 5) is 43.3. The molecule has 5 heterocycles. The molecule has 3 N–H and O–H groups in total. The molecule has 0 radical (unpaired) electrons. The second kappa shape index (κ2) is 15.3. The molecule has 5 fully saturated rings. The molecule has 1 aliphatic carbocycles. The molecule has 12 heteroatoms. The van der Waals surface area contributed by atoms with Crippen molar-refractivity contribution in [2.45, 2.75) is 159 Å². The number of cyclic esters (lactones) is 1. The van der Waals surface area contributed by atoms with Gasteiger partial charge >= 0.3 is 5.97 Å². The van der Waals surface area contributed by atoms with Crippen LogP contribution >= 0.6 is 0 Å².